The predicted octanol–water partition coefficient (Wildman–Crippen LogP) is 1.67. The van der Waals surface area contributed by atoms with Gasteiger partial charge < -0.3 is 10.1 Å². The van der Waals surface area contributed by atoms with Crippen molar-refractivity contribution in [1.29, 1.82) is 0 Å². The van der Waals surface area contributed by atoms with Crippen LogP contribution in [-0.2, 0) is 27.8 Å². The number of amides is 1. The predicted molar refractivity (Wildman–Crippen MR) is 89.3 cm³/mol. The molecule has 4 atom stereocenters. The fourth-order valence-corrected chi connectivity index (χ4v) is 4.65. The van der Waals surface area contributed by atoms with E-state index < -0.39 is 0 Å². The molecule has 2 bridgehead atoms. The Labute approximate surface area is 142 Å². The van der Waals surface area contributed by atoms with E-state index in [2.05, 4.69) is 10.4 Å². The first kappa shape index (κ1) is 17.0. The second-order valence-electron chi connectivity index (χ2n) is 7.25. The van der Waals surface area contributed by atoms with Crippen molar-refractivity contribution in [3.63, 3.8) is 0 Å². The molecule has 2 aliphatic carbocycles. The van der Waals surface area contributed by atoms with Crippen LogP contribution in [0.5, 0.6) is 0 Å². The summed E-state index contributed by atoms with van der Waals surface area (Å²) in [5.41, 5.74) is 3.23. The number of carbonyl (C=O) groups excluding carboxylic acids is 2. The molecule has 1 aromatic heterocycles. The molecule has 1 amide bonds. The smallest absolute Gasteiger partial charge is 0.311 e. The highest BCUT2D eigenvalue weighted by molar-refractivity contribution is 5.79. The second kappa shape index (κ2) is 6.57. The lowest BCUT2D eigenvalue weighted by atomic mass is 9.84. The largest absolute Gasteiger partial charge is 0.469 e. The summed E-state index contributed by atoms with van der Waals surface area (Å²) >= 11 is 0. The van der Waals surface area contributed by atoms with E-state index in [-0.39, 0.29) is 23.8 Å². The topological polar surface area (TPSA) is 73.2 Å². The highest BCUT2D eigenvalue weighted by Gasteiger charge is 2.51. The van der Waals surface area contributed by atoms with Gasteiger partial charge in [-0.1, -0.05) is 0 Å². The van der Waals surface area contributed by atoms with Gasteiger partial charge in [-0.05, 0) is 56.9 Å². The van der Waals surface area contributed by atoms with Crippen LogP contribution in [0.3, 0.4) is 0 Å². The van der Waals surface area contributed by atoms with Gasteiger partial charge in [0.1, 0.15) is 0 Å². The zero-order valence-electron chi connectivity index (χ0n) is 15.0. The minimum absolute atomic E-state index is 0.0177. The van der Waals surface area contributed by atoms with Gasteiger partial charge in [0.15, 0.2) is 0 Å². The van der Waals surface area contributed by atoms with Gasteiger partial charge in [-0.15, -0.1) is 0 Å². The number of ether oxygens (including phenoxy) is 1. The van der Waals surface area contributed by atoms with Gasteiger partial charge in [-0.2, -0.15) is 5.10 Å². The number of fused-ring (bicyclic) bond motifs is 2. The molecule has 6 nitrogen and oxygen atoms in total. The summed E-state index contributed by atoms with van der Waals surface area (Å²) < 4.78 is 6.81. The second-order valence-corrected chi connectivity index (χ2v) is 7.25. The Hall–Kier alpha value is -1.85. The summed E-state index contributed by atoms with van der Waals surface area (Å²) in [6.07, 6.45) is 4.32. The molecule has 2 saturated carbocycles. The Morgan fingerprint density at radius 2 is 2.00 bits per heavy atom. The summed E-state index contributed by atoms with van der Waals surface area (Å²) in [6, 6.07) is -0.0557. The van der Waals surface area contributed by atoms with Crippen molar-refractivity contribution in [3.05, 3.63) is 17.0 Å². The molecule has 0 aliphatic heterocycles. The molecule has 0 saturated heterocycles. The molecule has 24 heavy (non-hydrogen) atoms. The number of nitrogens with zero attached hydrogens (tertiary/aromatic N) is 2. The van der Waals surface area contributed by atoms with Crippen LogP contribution in [0.25, 0.3) is 0 Å². The molecule has 0 aromatic carbocycles. The van der Waals surface area contributed by atoms with E-state index in [0.29, 0.717) is 24.7 Å². The maximum atomic E-state index is 12.4. The maximum absolute atomic E-state index is 12.4. The first-order valence-corrected chi connectivity index (χ1v) is 8.78. The minimum Gasteiger partial charge on any atom is -0.469 e. The number of aromatic nitrogens is 2. The lowest BCUT2D eigenvalue weighted by molar-refractivity contribution is -0.148. The summed E-state index contributed by atoms with van der Waals surface area (Å²) in [6.45, 7) is 4.00. The first-order valence-electron chi connectivity index (χ1n) is 8.78. The average Bonchev–Trinajstić information content (AvgIpc) is 3.20. The first-order chi connectivity index (χ1) is 11.4. The van der Waals surface area contributed by atoms with Crippen molar-refractivity contribution in [2.24, 2.45) is 24.8 Å². The quantitative estimate of drug-likeness (QED) is 0.832. The lowest BCUT2D eigenvalue weighted by Crippen LogP contribution is -2.47. The summed E-state index contributed by atoms with van der Waals surface area (Å²) in [7, 11) is 3.35. The van der Waals surface area contributed by atoms with E-state index >= 15 is 0 Å². The SMILES string of the molecule is COC(=O)[C@H]1[C@H]2CC[C@@H](C2)[C@H]1NC(=O)CCc1c(C)nn(C)c1C. The number of hydrogen-bond donors (Lipinski definition) is 1. The third kappa shape index (κ3) is 2.94. The van der Waals surface area contributed by atoms with Gasteiger partial charge in [0.25, 0.3) is 0 Å². The van der Waals surface area contributed by atoms with Crippen molar-refractivity contribution in [3.8, 4) is 0 Å². The molecule has 0 unspecified atom stereocenters. The van der Waals surface area contributed by atoms with E-state index in [0.717, 1.165) is 36.2 Å². The van der Waals surface area contributed by atoms with Gasteiger partial charge in [0.2, 0.25) is 5.91 Å². The number of carbonyl (C=O) groups is 2. The Morgan fingerprint density at radius 3 is 2.62 bits per heavy atom. The number of aryl methyl sites for hydroxylation is 2. The number of rotatable bonds is 5. The Kier molecular flexibility index (Phi) is 4.65. The summed E-state index contributed by atoms with van der Waals surface area (Å²) in [5, 5.41) is 7.52. The number of hydrogen-bond acceptors (Lipinski definition) is 4. The van der Waals surface area contributed by atoms with Crippen molar-refractivity contribution >= 4 is 11.9 Å². The standard InChI is InChI=1S/C18H27N3O3/c1-10-14(11(2)21(3)20-10)7-8-15(22)19-17-13-6-5-12(9-13)16(17)18(23)24-4/h12-13,16-17H,5-9H2,1-4H3,(H,19,22)/t12-,13-,16-,17+/m0/s1. The van der Waals surface area contributed by atoms with E-state index in [9.17, 15) is 9.59 Å². The molecule has 1 aromatic rings. The van der Waals surface area contributed by atoms with Crippen LogP contribution in [-0.4, -0.2) is 34.8 Å². The molecular formula is C18H27N3O3. The minimum atomic E-state index is -0.175. The number of methoxy groups -OCH3 is 1. The van der Waals surface area contributed by atoms with Crippen molar-refractivity contribution < 1.29 is 14.3 Å². The molecule has 0 radical (unpaired) electrons. The summed E-state index contributed by atoms with van der Waals surface area (Å²) in [5.74, 6) is 0.468. The molecule has 1 heterocycles. The fraction of sp³-hybridized carbons (Fsp3) is 0.722. The molecule has 2 fully saturated rings. The van der Waals surface area contributed by atoms with E-state index in [1.54, 1.807) is 0 Å². The molecule has 3 rings (SSSR count). The van der Waals surface area contributed by atoms with Crippen LogP contribution in [0.4, 0.5) is 0 Å². The van der Waals surface area contributed by atoms with E-state index in [4.69, 9.17) is 4.74 Å². The molecule has 2 aliphatic rings. The molecule has 0 spiro atoms. The van der Waals surface area contributed by atoms with E-state index in [1.807, 2.05) is 25.6 Å². The van der Waals surface area contributed by atoms with Gasteiger partial charge >= 0.3 is 5.97 Å². The van der Waals surface area contributed by atoms with Crippen LogP contribution >= 0.6 is 0 Å². The molecule has 1 N–H and O–H groups in total. The van der Waals surface area contributed by atoms with Gasteiger partial charge in [-0.3, -0.25) is 14.3 Å². The third-order valence-corrected chi connectivity index (χ3v) is 5.98. The Morgan fingerprint density at radius 1 is 1.29 bits per heavy atom. The molecule has 6 heteroatoms. The Bertz CT molecular complexity index is 652. The fourth-order valence-electron chi connectivity index (χ4n) is 4.65. The van der Waals surface area contributed by atoms with Crippen LogP contribution in [0.1, 0.15) is 42.6 Å². The van der Waals surface area contributed by atoms with Crippen LogP contribution in [0.2, 0.25) is 0 Å². The molecular weight excluding hydrogens is 306 g/mol. The van der Waals surface area contributed by atoms with Gasteiger partial charge in [-0.25, -0.2) is 0 Å². The number of esters is 1. The van der Waals surface area contributed by atoms with Gasteiger partial charge in [0, 0.05) is 25.2 Å². The molecule has 132 valence electrons. The van der Waals surface area contributed by atoms with E-state index in [1.165, 1.54) is 7.11 Å². The summed E-state index contributed by atoms with van der Waals surface area (Å²) in [4.78, 5) is 24.5. The van der Waals surface area contributed by atoms with Crippen LogP contribution < -0.4 is 5.32 Å². The Balaban J connectivity index is 1.61. The normalized spacial score (nSPS) is 28.2. The highest BCUT2D eigenvalue weighted by Crippen LogP contribution is 2.48. The maximum Gasteiger partial charge on any atom is 0.311 e. The van der Waals surface area contributed by atoms with Crippen molar-refractivity contribution in [1.82, 2.24) is 15.1 Å². The monoisotopic (exact) mass is 333 g/mol. The van der Waals surface area contributed by atoms with Crippen LogP contribution in [0.15, 0.2) is 0 Å². The number of nitrogens with one attached hydrogen (secondary N) is 1. The van der Waals surface area contributed by atoms with Crippen LogP contribution in [0, 0.1) is 31.6 Å². The average molecular weight is 333 g/mol. The third-order valence-electron chi connectivity index (χ3n) is 5.98. The van der Waals surface area contributed by atoms with Crippen molar-refractivity contribution in [2.75, 3.05) is 7.11 Å². The van der Waals surface area contributed by atoms with Gasteiger partial charge in [0.05, 0.1) is 18.7 Å². The zero-order valence-corrected chi connectivity index (χ0v) is 15.0. The highest BCUT2D eigenvalue weighted by atomic mass is 16.5. The zero-order chi connectivity index (χ0) is 17.4. The van der Waals surface area contributed by atoms with Crippen molar-refractivity contribution in [2.45, 2.75) is 52.0 Å². The lowest BCUT2D eigenvalue weighted by Gasteiger charge is -2.29.